The second kappa shape index (κ2) is 7.76. The molecule has 0 spiro atoms. The van der Waals surface area contributed by atoms with Gasteiger partial charge >= 0.3 is 0 Å². The highest BCUT2D eigenvalue weighted by molar-refractivity contribution is 9.13. The quantitative estimate of drug-likeness (QED) is 0.550. The second-order valence-corrected chi connectivity index (χ2v) is 6.36. The van der Waals surface area contributed by atoms with Crippen LogP contribution in [0, 0.1) is 0 Å². The highest BCUT2D eigenvalue weighted by Gasteiger charge is 2.12. The first kappa shape index (κ1) is 17.0. The van der Waals surface area contributed by atoms with Crippen LogP contribution in [0.4, 0.5) is 0 Å². The smallest absolute Gasteiger partial charge is 0.275 e. The van der Waals surface area contributed by atoms with E-state index in [0.29, 0.717) is 16.3 Å². The van der Waals surface area contributed by atoms with Crippen molar-refractivity contribution in [3.63, 3.8) is 0 Å². The highest BCUT2D eigenvalue weighted by atomic mass is 79.9. The van der Waals surface area contributed by atoms with Gasteiger partial charge in [0.2, 0.25) is 0 Å². The van der Waals surface area contributed by atoms with E-state index in [1.807, 2.05) is 18.2 Å². The van der Waals surface area contributed by atoms with Crippen LogP contribution in [0.1, 0.15) is 15.9 Å². The Labute approximate surface area is 149 Å². The topological polar surface area (TPSA) is 50.7 Å². The van der Waals surface area contributed by atoms with Crippen molar-refractivity contribution in [3.05, 3.63) is 61.5 Å². The number of carbonyl (C=O) groups excluding carboxylic acids is 1. The SMILES string of the molecule is COc1ccc(Cl)cc1C(=O)N/N=C/c1ccc(Br)c(Br)c1. The molecule has 0 saturated heterocycles. The van der Waals surface area contributed by atoms with E-state index in [0.717, 1.165) is 14.5 Å². The van der Waals surface area contributed by atoms with Gasteiger partial charge in [0.25, 0.3) is 5.91 Å². The van der Waals surface area contributed by atoms with Gasteiger partial charge in [-0.05, 0) is 67.8 Å². The van der Waals surface area contributed by atoms with Gasteiger partial charge in [-0.2, -0.15) is 5.10 Å². The number of nitrogens with zero attached hydrogens (tertiary/aromatic N) is 1. The average molecular weight is 447 g/mol. The Morgan fingerprint density at radius 3 is 2.68 bits per heavy atom. The molecular weight excluding hydrogens is 435 g/mol. The summed E-state index contributed by atoms with van der Waals surface area (Å²) in [5.41, 5.74) is 3.61. The zero-order valence-electron chi connectivity index (χ0n) is 11.4. The van der Waals surface area contributed by atoms with Crippen LogP contribution in [0.3, 0.4) is 0 Å². The summed E-state index contributed by atoms with van der Waals surface area (Å²) in [5.74, 6) is 0.0373. The molecule has 0 aliphatic rings. The maximum atomic E-state index is 12.1. The van der Waals surface area contributed by atoms with E-state index in [2.05, 4.69) is 42.4 Å². The first-order chi connectivity index (χ1) is 10.5. The van der Waals surface area contributed by atoms with Crippen molar-refractivity contribution in [1.29, 1.82) is 0 Å². The Hall–Kier alpha value is -1.37. The lowest BCUT2D eigenvalue weighted by Crippen LogP contribution is -2.18. The molecule has 0 heterocycles. The molecule has 0 saturated carbocycles. The van der Waals surface area contributed by atoms with Crippen molar-refractivity contribution in [3.8, 4) is 5.75 Å². The van der Waals surface area contributed by atoms with Crippen LogP contribution in [0.2, 0.25) is 5.02 Å². The van der Waals surface area contributed by atoms with Gasteiger partial charge in [0.1, 0.15) is 5.75 Å². The molecule has 0 aliphatic carbocycles. The van der Waals surface area contributed by atoms with Crippen LogP contribution < -0.4 is 10.2 Å². The minimum absolute atomic E-state index is 0.323. The number of ether oxygens (including phenoxy) is 1. The van der Waals surface area contributed by atoms with E-state index < -0.39 is 5.91 Å². The summed E-state index contributed by atoms with van der Waals surface area (Å²) < 4.78 is 6.98. The van der Waals surface area contributed by atoms with Crippen LogP contribution in [-0.4, -0.2) is 19.2 Å². The molecule has 0 aliphatic heterocycles. The number of methoxy groups -OCH3 is 1. The van der Waals surface area contributed by atoms with Crippen molar-refractivity contribution >= 4 is 55.6 Å². The van der Waals surface area contributed by atoms with E-state index in [4.69, 9.17) is 16.3 Å². The van der Waals surface area contributed by atoms with Crippen molar-refractivity contribution in [2.75, 3.05) is 7.11 Å². The lowest BCUT2D eigenvalue weighted by atomic mass is 10.2. The van der Waals surface area contributed by atoms with Crippen LogP contribution in [0.5, 0.6) is 5.75 Å². The fourth-order valence-electron chi connectivity index (χ4n) is 1.68. The molecule has 0 atom stereocenters. The van der Waals surface area contributed by atoms with Gasteiger partial charge in [-0.1, -0.05) is 17.7 Å². The standard InChI is InChI=1S/C15H11Br2ClN2O2/c1-22-14-5-3-10(18)7-11(14)15(21)20-19-8-9-2-4-12(16)13(17)6-9/h2-8H,1H3,(H,20,21)/b19-8+. The summed E-state index contributed by atoms with van der Waals surface area (Å²) >= 11 is 12.7. The second-order valence-electron chi connectivity index (χ2n) is 4.22. The molecule has 4 nitrogen and oxygen atoms in total. The third kappa shape index (κ3) is 4.32. The summed E-state index contributed by atoms with van der Waals surface area (Å²) in [5, 5.41) is 4.39. The maximum absolute atomic E-state index is 12.1. The largest absolute Gasteiger partial charge is 0.496 e. The molecule has 2 aromatic carbocycles. The van der Waals surface area contributed by atoms with Gasteiger partial charge < -0.3 is 4.74 Å². The summed E-state index contributed by atoms with van der Waals surface area (Å²) in [6, 6.07) is 10.4. The van der Waals surface area contributed by atoms with E-state index in [-0.39, 0.29) is 0 Å². The van der Waals surface area contributed by atoms with Crippen LogP contribution in [0.25, 0.3) is 0 Å². The summed E-state index contributed by atoms with van der Waals surface area (Å²) in [6.45, 7) is 0. The zero-order valence-corrected chi connectivity index (χ0v) is 15.4. The molecular formula is C15H11Br2ClN2O2. The number of halogens is 3. The normalized spacial score (nSPS) is 10.7. The number of rotatable bonds is 4. The van der Waals surface area contributed by atoms with E-state index in [1.165, 1.54) is 13.2 Å². The maximum Gasteiger partial charge on any atom is 0.275 e. The fraction of sp³-hybridized carbons (Fsp3) is 0.0667. The van der Waals surface area contributed by atoms with Crippen LogP contribution >= 0.6 is 43.5 Å². The molecule has 22 heavy (non-hydrogen) atoms. The molecule has 0 fully saturated rings. The number of nitrogens with one attached hydrogen (secondary N) is 1. The Morgan fingerprint density at radius 2 is 2.00 bits per heavy atom. The predicted octanol–water partition coefficient (Wildman–Crippen LogP) is 4.64. The number of amides is 1. The van der Waals surface area contributed by atoms with Crippen molar-refractivity contribution in [1.82, 2.24) is 5.43 Å². The highest BCUT2D eigenvalue weighted by Crippen LogP contribution is 2.23. The Balaban J connectivity index is 2.11. The van der Waals surface area contributed by atoms with Crippen molar-refractivity contribution in [2.24, 2.45) is 5.10 Å². The third-order valence-electron chi connectivity index (χ3n) is 2.73. The Morgan fingerprint density at radius 1 is 1.23 bits per heavy atom. The third-order valence-corrected chi connectivity index (χ3v) is 4.84. The predicted molar refractivity (Wildman–Crippen MR) is 94.9 cm³/mol. The molecule has 0 unspecified atom stereocenters. The molecule has 1 N–H and O–H groups in total. The van der Waals surface area contributed by atoms with E-state index in [9.17, 15) is 4.79 Å². The van der Waals surface area contributed by atoms with Gasteiger partial charge in [0.05, 0.1) is 18.9 Å². The minimum Gasteiger partial charge on any atom is -0.496 e. The molecule has 2 aromatic rings. The lowest BCUT2D eigenvalue weighted by Gasteiger charge is -2.07. The Bertz CT molecular complexity index is 735. The number of benzene rings is 2. The molecule has 0 radical (unpaired) electrons. The molecule has 7 heteroatoms. The molecule has 1 amide bonds. The fourth-order valence-corrected chi connectivity index (χ4v) is 2.49. The first-order valence-electron chi connectivity index (χ1n) is 6.13. The summed E-state index contributed by atoms with van der Waals surface area (Å²) in [7, 11) is 1.49. The van der Waals surface area contributed by atoms with E-state index >= 15 is 0 Å². The molecule has 0 bridgehead atoms. The lowest BCUT2D eigenvalue weighted by molar-refractivity contribution is 0.0952. The Kier molecular flexibility index (Phi) is 5.99. The number of hydrogen-bond donors (Lipinski definition) is 1. The first-order valence-corrected chi connectivity index (χ1v) is 8.09. The van der Waals surface area contributed by atoms with Gasteiger partial charge in [-0.3, -0.25) is 4.79 Å². The van der Waals surface area contributed by atoms with Gasteiger partial charge in [0, 0.05) is 14.0 Å². The summed E-state index contributed by atoms with van der Waals surface area (Å²) in [6.07, 6.45) is 1.55. The van der Waals surface area contributed by atoms with Gasteiger partial charge in [-0.25, -0.2) is 5.43 Å². The van der Waals surface area contributed by atoms with E-state index in [1.54, 1.807) is 18.3 Å². The number of hydrogen-bond acceptors (Lipinski definition) is 3. The molecule has 2 rings (SSSR count). The zero-order chi connectivity index (χ0) is 16.1. The molecule has 114 valence electrons. The summed E-state index contributed by atoms with van der Waals surface area (Å²) in [4.78, 5) is 12.1. The molecule has 0 aromatic heterocycles. The number of hydrazone groups is 1. The average Bonchev–Trinajstić information content (AvgIpc) is 2.50. The number of carbonyl (C=O) groups is 1. The van der Waals surface area contributed by atoms with Gasteiger partial charge in [-0.15, -0.1) is 0 Å². The minimum atomic E-state index is -0.397. The van der Waals surface area contributed by atoms with Crippen molar-refractivity contribution < 1.29 is 9.53 Å². The van der Waals surface area contributed by atoms with Crippen molar-refractivity contribution in [2.45, 2.75) is 0 Å². The van der Waals surface area contributed by atoms with Gasteiger partial charge in [0.15, 0.2) is 0 Å². The monoisotopic (exact) mass is 444 g/mol. The van der Waals surface area contributed by atoms with Crippen LogP contribution in [0.15, 0.2) is 50.4 Å². The van der Waals surface area contributed by atoms with Crippen LogP contribution in [-0.2, 0) is 0 Å².